The maximum atomic E-state index is 12.6. The SMILES string of the molecule is CCc1ccc2c(CC(=O)NC3CCN(Cc4ccc(Cl)cc4)CC3)coc2c1. The summed E-state index contributed by atoms with van der Waals surface area (Å²) in [7, 11) is 0. The minimum Gasteiger partial charge on any atom is -0.464 e. The van der Waals surface area contributed by atoms with Gasteiger partial charge in [-0.25, -0.2) is 0 Å². The van der Waals surface area contributed by atoms with Crippen LogP contribution in [0.15, 0.2) is 53.1 Å². The van der Waals surface area contributed by atoms with Crippen LogP contribution in [-0.4, -0.2) is 29.9 Å². The molecule has 1 aromatic heterocycles. The molecule has 0 bridgehead atoms. The third kappa shape index (κ3) is 5.01. The molecule has 4 nitrogen and oxygen atoms in total. The summed E-state index contributed by atoms with van der Waals surface area (Å²) in [6.07, 6.45) is 5.02. The molecule has 4 rings (SSSR count). The van der Waals surface area contributed by atoms with E-state index in [1.807, 2.05) is 12.1 Å². The summed E-state index contributed by atoms with van der Waals surface area (Å²) < 4.78 is 5.67. The van der Waals surface area contributed by atoms with Crippen molar-refractivity contribution in [1.29, 1.82) is 0 Å². The molecule has 1 aliphatic rings. The van der Waals surface area contributed by atoms with Gasteiger partial charge in [-0.15, -0.1) is 0 Å². The zero-order chi connectivity index (χ0) is 20.2. The summed E-state index contributed by atoms with van der Waals surface area (Å²) in [4.78, 5) is 15.0. The van der Waals surface area contributed by atoms with E-state index in [0.717, 1.165) is 60.5 Å². The Morgan fingerprint density at radius 1 is 1.14 bits per heavy atom. The summed E-state index contributed by atoms with van der Waals surface area (Å²) in [6, 6.07) is 14.5. The van der Waals surface area contributed by atoms with Crippen LogP contribution in [0, 0.1) is 0 Å². The van der Waals surface area contributed by atoms with E-state index in [9.17, 15) is 4.79 Å². The molecule has 29 heavy (non-hydrogen) atoms. The Bertz CT molecular complexity index is 972. The fourth-order valence-corrected chi connectivity index (χ4v) is 4.15. The number of aryl methyl sites for hydroxylation is 1. The maximum Gasteiger partial charge on any atom is 0.224 e. The van der Waals surface area contributed by atoms with Gasteiger partial charge in [-0.05, 0) is 48.6 Å². The predicted molar refractivity (Wildman–Crippen MR) is 117 cm³/mol. The molecule has 0 aliphatic carbocycles. The number of amides is 1. The van der Waals surface area contributed by atoms with E-state index in [2.05, 4.69) is 47.5 Å². The second kappa shape index (κ2) is 9.02. The number of fused-ring (bicyclic) bond motifs is 1. The highest BCUT2D eigenvalue weighted by Crippen LogP contribution is 2.23. The third-order valence-electron chi connectivity index (χ3n) is 5.75. The molecular weight excluding hydrogens is 384 g/mol. The lowest BCUT2D eigenvalue weighted by Gasteiger charge is -2.32. The third-order valence-corrected chi connectivity index (χ3v) is 6.00. The van der Waals surface area contributed by atoms with Gasteiger partial charge in [0.1, 0.15) is 5.58 Å². The van der Waals surface area contributed by atoms with Gasteiger partial charge in [0, 0.05) is 41.6 Å². The summed E-state index contributed by atoms with van der Waals surface area (Å²) in [5.41, 5.74) is 4.34. The molecule has 2 aromatic carbocycles. The van der Waals surface area contributed by atoms with Gasteiger partial charge < -0.3 is 9.73 Å². The van der Waals surface area contributed by atoms with Crippen LogP contribution in [0.2, 0.25) is 5.02 Å². The first kappa shape index (κ1) is 20.0. The lowest BCUT2D eigenvalue weighted by atomic mass is 10.0. The number of rotatable bonds is 6. The number of nitrogens with one attached hydrogen (secondary N) is 1. The van der Waals surface area contributed by atoms with Gasteiger partial charge in [0.05, 0.1) is 12.7 Å². The van der Waals surface area contributed by atoms with E-state index in [1.165, 1.54) is 11.1 Å². The Kier molecular flexibility index (Phi) is 6.22. The number of hydrogen-bond acceptors (Lipinski definition) is 3. The zero-order valence-electron chi connectivity index (χ0n) is 16.8. The van der Waals surface area contributed by atoms with Crippen molar-refractivity contribution in [3.63, 3.8) is 0 Å². The fourth-order valence-electron chi connectivity index (χ4n) is 4.02. The highest BCUT2D eigenvalue weighted by Gasteiger charge is 2.21. The number of hydrogen-bond donors (Lipinski definition) is 1. The van der Waals surface area contributed by atoms with E-state index >= 15 is 0 Å². The van der Waals surface area contributed by atoms with Crippen LogP contribution in [-0.2, 0) is 24.2 Å². The summed E-state index contributed by atoms with van der Waals surface area (Å²) in [5, 5.41) is 5.02. The van der Waals surface area contributed by atoms with Crippen LogP contribution in [0.3, 0.4) is 0 Å². The molecule has 1 amide bonds. The van der Waals surface area contributed by atoms with E-state index in [1.54, 1.807) is 6.26 Å². The lowest BCUT2D eigenvalue weighted by molar-refractivity contribution is -0.121. The van der Waals surface area contributed by atoms with Crippen molar-refractivity contribution in [2.45, 2.75) is 45.2 Å². The first-order chi connectivity index (χ1) is 14.1. The molecule has 0 saturated carbocycles. The topological polar surface area (TPSA) is 45.5 Å². The van der Waals surface area contributed by atoms with Crippen molar-refractivity contribution in [3.8, 4) is 0 Å². The van der Waals surface area contributed by atoms with Crippen molar-refractivity contribution in [1.82, 2.24) is 10.2 Å². The molecule has 0 spiro atoms. The molecule has 1 saturated heterocycles. The maximum absolute atomic E-state index is 12.6. The van der Waals surface area contributed by atoms with Crippen molar-refractivity contribution in [2.24, 2.45) is 0 Å². The molecule has 152 valence electrons. The summed E-state index contributed by atoms with van der Waals surface area (Å²) >= 11 is 5.96. The molecule has 1 fully saturated rings. The average molecular weight is 411 g/mol. The van der Waals surface area contributed by atoms with Gasteiger partial charge in [-0.1, -0.05) is 42.8 Å². The van der Waals surface area contributed by atoms with E-state index in [0.29, 0.717) is 6.42 Å². The van der Waals surface area contributed by atoms with Crippen LogP contribution in [0.25, 0.3) is 11.0 Å². The van der Waals surface area contributed by atoms with E-state index in [-0.39, 0.29) is 11.9 Å². The number of halogens is 1. The molecule has 1 aliphatic heterocycles. The monoisotopic (exact) mass is 410 g/mol. The molecule has 1 N–H and O–H groups in total. The van der Waals surface area contributed by atoms with Gasteiger partial charge in [-0.3, -0.25) is 9.69 Å². The Morgan fingerprint density at radius 3 is 2.59 bits per heavy atom. The van der Waals surface area contributed by atoms with Gasteiger partial charge >= 0.3 is 0 Å². The normalized spacial score (nSPS) is 15.7. The standard InChI is InChI=1S/C24H27ClN2O2/c1-2-17-5-8-22-19(16-29-23(22)13-17)14-24(28)26-21-9-11-27(12-10-21)15-18-3-6-20(25)7-4-18/h3-8,13,16,21H,2,9-12,14-15H2,1H3,(H,26,28). The number of likely N-dealkylation sites (tertiary alicyclic amines) is 1. The Labute approximate surface area is 176 Å². The van der Waals surface area contributed by atoms with Crippen LogP contribution in [0.5, 0.6) is 0 Å². The molecule has 5 heteroatoms. The van der Waals surface area contributed by atoms with Gasteiger partial charge in [0.15, 0.2) is 0 Å². The first-order valence-corrected chi connectivity index (χ1v) is 10.7. The van der Waals surface area contributed by atoms with Gasteiger partial charge in [0.25, 0.3) is 0 Å². The number of nitrogens with zero attached hydrogens (tertiary/aromatic N) is 1. The second-order valence-corrected chi connectivity index (χ2v) is 8.30. The lowest BCUT2D eigenvalue weighted by Crippen LogP contribution is -2.44. The molecule has 0 atom stereocenters. The van der Waals surface area contributed by atoms with Crippen LogP contribution in [0.1, 0.15) is 36.5 Å². The van der Waals surface area contributed by atoms with E-state index < -0.39 is 0 Å². The zero-order valence-corrected chi connectivity index (χ0v) is 17.5. The molecule has 2 heterocycles. The first-order valence-electron chi connectivity index (χ1n) is 10.4. The minimum absolute atomic E-state index is 0.0726. The Hall–Kier alpha value is -2.30. The molecular formula is C24H27ClN2O2. The summed E-state index contributed by atoms with van der Waals surface area (Å²) in [5.74, 6) is 0.0726. The number of furan rings is 1. The number of carbonyl (C=O) groups is 1. The van der Waals surface area contributed by atoms with Crippen molar-refractivity contribution in [2.75, 3.05) is 13.1 Å². The minimum atomic E-state index is 0.0726. The molecule has 0 unspecified atom stereocenters. The van der Waals surface area contributed by atoms with Crippen LogP contribution < -0.4 is 5.32 Å². The van der Waals surface area contributed by atoms with Crippen LogP contribution in [0.4, 0.5) is 0 Å². The van der Waals surface area contributed by atoms with Gasteiger partial charge in [-0.2, -0.15) is 0 Å². The quantitative estimate of drug-likeness (QED) is 0.623. The highest BCUT2D eigenvalue weighted by atomic mass is 35.5. The Morgan fingerprint density at radius 2 is 1.86 bits per heavy atom. The van der Waals surface area contributed by atoms with E-state index in [4.69, 9.17) is 16.0 Å². The van der Waals surface area contributed by atoms with Crippen molar-refractivity contribution < 1.29 is 9.21 Å². The smallest absolute Gasteiger partial charge is 0.224 e. The highest BCUT2D eigenvalue weighted by molar-refractivity contribution is 6.30. The molecule has 3 aromatic rings. The average Bonchev–Trinajstić information content (AvgIpc) is 3.13. The summed E-state index contributed by atoms with van der Waals surface area (Å²) in [6.45, 7) is 5.03. The Balaban J connectivity index is 1.27. The predicted octanol–water partition coefficient (Wildman–Crippen LogP) is 4.97. The number of benzene rings is 2. The second-order valence-electron chi connectivity index (χ2n) is 7.87. The largest absolute Gasteiger partial charge is 0.464 e. The number of piperidine rings is 1. The molecule has 0 radical (unpaired) electrons. The van der Waals surface area contributed by atoms with Crippen molar-refractivity contribution in [3.05, 3.63) is 70.4 Å². The fraction of sp³-hybridized carbons (Fsp3) is 0.375. The van der Waals surface area contributed by atoms with Crippen molar-refractivity contribution >= 4 is 28.5 Å². The number of carbonyl (C=O) groups excluding carboxylic acids is 1. The van der Waals surface area contributed by atoms with Crippen LogP contribution >= 0.6 is 11.6 Å². The van der Waals surface area contributed by atoms with Gasteiger partial charge in [0.2, 0.25) is 5.91 Å².